The Morgan fingerprint density at radius 2 is 1.83 bits per heavy atom. The third-order valence-electron chi connectivity index (χ3n) is 4.25. The summed E-state index contributed by atoms with van der Waals surface area (Å²) in [6.45, 7) is 13.7. The van der Waals surface area contributed by atoms with E-state index >= 15 is 0 Å². The number of aromatic nitrogens is 1. The highest BCUT2D eigenvalue weighted by Crippen LogP contribution is 2.39. The molecule has 1 aromatic rings. The molecule has 0 spiro atoms. The molecule has 0 bridgehead atoms. The van der Waals surface area contributed by atoms with E-state index in [1.165, 1.54) is 11.8 Å². The average Bonchev–Trinajstić information content (AvgIpc) is 2.81. The summed E-state index contributed by atoms with van der Waals surface area (Å²) in [5, 5.41) is 1.12. The SMILES string of the molecule is CC(=O)SCC(=Cc1sc(C)nc1C)B1OC(C)(C)C(C)(C)O1. The van der Waals surface area contributed by atoms with Gasteiger partial charge in [0.15, 0.2) is 5.12 Å². The van der Waals surface area contributed by atoms with Crippen LogP contribution in [0.2, 0.25) is 0 Å². The molecule has 4 nitrogen and oxygen atoms in total. The van der Waals surface area contributed by atoms with E-state index in [-0.39, 0.29) is 5.12 Å². The van der Waals surface area contributed by atoms with Crippen LogP contribution in [0.15, 0.2) is 5.47 Å². The quantitative estimate of drug-likeness (QED) is 0.764. The van der Waals surface area contributed by atoms with Crippen LogP contribution in [0.4, 0.5) is 0 Å². The Balaban J connectivity index is 2.32. The van der Waals surface area contributed by atoms with Gasteiger partial charge in [-0.3, -0.25) is 4.79 Å². The zero-order valence-corrected chi connectivity index (χ0v) is 16.5. The lowest BCUT2D eigenvalue weighted by atomic mass is 9.79. The molecule has 0 unspecified atom stereocenters. The fraction of sp³-hybridized carbons (Fsp3) is 0.625. The summed E-state index contributed by atoms with van der Waals surface area (Å²) in [5.41, 5.74) is 1.18. The Morgan fingerprint density at radius 1 is 1.26 bits per heavy atom. The molecule has 23 heavy (non-hydrogen) atoms. The Labute approximate surface area is 147 Å². The maximum Gasteiger partial charge on any atom is 0.491 e. The van der Waals surface area contributed by atoms with Gasteiger partial charge in [0, 0.05) is 17.6 Å². The standard InChI is InChI=1S/C16H24BNO3S2/c1-10-14(23-11(2)18-10)8-13(9-22-12(3)19)17-20-15(4,5)16(6,7)21-17/h8H,9H2,1-7H3. The lowest BCUT2D eigenvalue weighted by molar-refractivity contribution is -0.109. The molecule has 0 atom stereocenters. The molecule has 7 heteroatoms. The van der Waals surface area contributed by atoms with Gasteiger partial charge in [0.2, 0.25) is 0 Å². The van der Waals surface area contributed by atoms with Crippen molar-refractivity contribution in [1.82, 2.24) is 4.98 Å². The molecule has 0 radical (unpaired) electrons. The van der Waals surface area contributed by atoms with Gasteiger partial charge >= 0.3 is 7.12 Å². The van der Waals surface area contributed by atoms with Gasteiger partial charge in [-0.05, 0) is 53.1 Å². The van der Waals surface area contributed by atoms with Crippen LogP contribution >= 0.6 is 23.1 Å². The van der Waals surface area contributed by atoms with Crippen LogP contribution < -0.4 is 0 Å². The van der Waals surface area contributed by atoms with Crippen molar-refractivity contribution in [2.75, 3.05) is 5.75 Å². The van der Waals surface area contributed by atoms with Crippen molar-refractivity contribution in [3.8, 4) is 0 Å². The highest BCUT2D eigenvalue weighted by atomic mass is 32.2. The fourth-order valence-electron chi connectivity index (χ4n) is 2.21. The number of rotatable bonds is 4. The molecule has 0 saturated carbocycles. The molecule has 126 valence electrons. The molecule has 0 aromatic carbocycles. The van der Waals surface area contributed by atoms with Crippen molar-refractivity contribution in [3.63, 3.8) is 0 Å². The lowest BCUT2D eigenvalue weighted by Gasteiger charge is -2.32. The van der Waals surface area contributed by atoms with Crippen LogP contribution in [-0.4, -0.2) is 34.2 Å². The third-order valence-corrected chi connectivity index (χ3v) is 6.16. The number of carbonyl (C=O) groups is 1. The van der Waals surface area contributed by atoms with Crippen molar-refractivity contribution in [1.29, 1.82) is 0 Å². The van der Waals surface area contributed by atoms with Gasteiger partial charge in [-0.1, -0.05) is 11.8 Å². The minimum atomic E-state index is -0.436. The van der Waals surface area contributed by atoms with E-state index in [0.29, 0.717) is 5.75 Å². The highest BCUT2D eigenvalue weighted by Gasteiger charge is 2.52. The Morgan fingerprint density at radius 3 is 2.26 bits per heavy atom. The van der Waals surface area contributed by atoms with Crippen LogP contribution in [0.5, 0.6) is 0 Å². The van der Waals surface area contributed by atoms with Crippen molar-refractivity contribution in [2.45, 2.75) is 59.7 Å². The third kappa shape index (κ3) is 4.26. The van der Waals surface area contributed by atoms with E-state index in [9.17, 15) is 4.79 Å². The van der Waals surface area contributed by atoms with Gasteiger partial charge in [0.1, 0.15) is 0 Å². The second-order valence-electron chi connectivity index (χ2n) is 6.77. The molecule has 2 rings (SSSR count). The van der Waals surface area contributed by atoms with Gasteiger partial charge in [-0.15, -0.1) is 11.3 Å². The number of nitrogens with zero attached hydrogens (tertiary/aromatic N) is 1. The summed E-state index contributed by atoms with van der Waals surface area (Å²) in [7, 11) is -0.436. The van der Waals surface area contributed by atoms with E-state index in [1.807, 2.05) is 41.5 Å². The summed E-state index contributed by atoms with van der Waals surface area (Å²) in [6, 6.07) is 0. The Hall–Kier alpha value is -0.625. The smallest absolute Gasteiger partial charge is 0.400 e. The summed E-state index contributed by atoms with van der Waals surface area (Å²) in [5.74, 6) is 0.558. The molecule has 1 aliphatic rings. The van der Waals surface area contributed by atoms with E-state index in [4.69, 9.17) is 9.31 Å². The first-order chi connectivity index (χ1) is 10.5. The summed E-state index contributed by atoms with van der Waals surface area (Å²) in [6.07, 6.45) is 2.07. The van der Waals surface area contributed by atoms with Crippen LogP contribution in [0, 0.1) is 13.8 Å². The molecule has 0 N–H and O–H groups in total. The van der Waals surface area contributed by atoms with Gasteiger partial charge in [-0.2, -0.15) is 0 Å². The fourth-order valence-corrected chi connectivity index (χ4v) is 3.70. The Bertz CT molecular complexity index is 621. The molecule has 2 heterocycles. The first-order valence-corrected chi connectivity index (χ1v) is 9.45. The summed E-state index contributed by atoms with van der Waals surface area (Å²) >= 11 is 2.92. The number of carbonyl (C=O) groups excluding carboxylic acids is 1. The normalized spacial score (nSPS) is 20.1. The second-order valence-corrected chi connectivity index (χ2v) is 9.16. The van der Waals surface area contributed by atoms with Crippen molar-refractivity contribution >= 4 is 41.4 Å². The van der Waals surface area contributed by atoms with Crippen LogP contribution in [0.1, 0.15) is 50.2 Å². The lowest BCUT2D eigenvalue weighted by Crippen LogP contribution is -2.41. The second kappa shape index (κ2) is 6.71. The van der Waals surface area contributed by atoms with E-state index in [0.717, 1.165) is 21.1 Å². The summed E-state index contributed by atoms with van der Waals surface area (Å²) in [4.78, 5) is 16.9. The number of hydrogen-bond acceptors (Lipinski definition) is 6. The molecule has 1 saturated heterocycles. The monoisotopic (exact) mass is 353 g/mol. The van der Waals surface area contributed by atoms with Gasteiger partial charge in [-0.25, -0.2) is 4.98 Å². The summed E-state index contributed by atoms with van der Waals surface area (Å²) < 4.78 is 12.3. The van der Waals surface area contributed by atoms with E-state index in [2.05, 4.69) is 11.1 Å². The number of aryl methyl sites for hydroxylation is 2. The molecule has 1 aromatic heterocycles. The van der Waals surface area contributed by atoms with Crippen LogP contribution in [0.3, 0.4) is 0 Å². The molecule has 1 fully saturated rings. The molecule has 1 aliphatic heterocycles. The number of thiazole rings is 1. The van der Waals surface area contributed by atoms with Crippen molar-refractivity contribution in [2.24, 2.45) is 0 Å². The van der Waals surface area contributed by atoms with E-state index < -0.39 is 18.3 Å². The van der Waals surface area contributed by atoms with Gasteiger partial charge in [0.25, 0.3) is 0 Å². The maximum absolute atomic E-state index is 11.4. The van der Waals surface area contributed by atoms with Crippen LogP contribution in [-0.2, 0) is 14.1 Å². The largest absolute Gasteiger partial charge is 0.491 e. The van der Waals surface area contributed by atoms with Crippen LogP contribution in [0.25, 0.3) is 6.08 Å². The number of thioether (sulfide) groups is 1. The molecule has 0 amide bonds. The molecular formula is C16H24BNO3S2. The zero-order chi connectivity index (χ0) is 17.4. The topological polar surface area (TPSA) is 48.4 Å². The van der Waals surface area contributed by atoms with Gasteiger partial charge in [0.05, 0.1) is 21.9 Å². The first-order valence-electron chi connectivity index (χ1n) is 7.65. The minimum Gasteiger partial charge on any atom is -0.400 e. The zero-order valence-electron chi connectivity index (χ0n) is 14.9. The number of hydrogen-bond donors (Lipinski definition) is 0. The minimum absolute atomic E-state index is 0.0876. The molecule has 0 aliphatic carbocycles. The van der Waals surface area contributed by atoms with Gasteiger partial charge < -0.3 is 9.31 Å². The average molecular weight is 353 g/mol. The van der Waals surface area contributed by atoms with Crippen molar-refractivity contribution < 1.29 is 14.1 Å². The Kier molecular flexibility index (Phi) is 5.46. The predicted octanol–water partition coefficient (Wildman–Crippen LogP) is 4.05. The first kappa shape index (κ1) is 18.7. The van der Waals surface area contributed by atoms with Crippen molar-refractivity contribution in [3.05, 3.63) is 21.1 Å². The van der Waals surface area contributed by atoms with E-state index in [1.54, 1.807) is 18.3 Å². The maximum atomic E-state index is 11.4. The molecular weight excluding hydrogens is 329 g/mol. The highest BCUT2D eigenvalue weighted by molar-refractivity contribution is 8.13. The predicted molar refractivity (Wildman–Crippen MR) is 98.8 cm³/mol.